The van der Waals surface area contributed by atoms with Crippen LogP contribution in [0.5, 0.6) is 0 Å². The number of cyclic esters (lactones) is 1. The highest BCUT2D eigenvalue weighted by atomic mass is 19.2. The van der Waals surface area contributed by atoms with E-state index in [-0.39, 0.29) is 29.6 Å². The maximum atomic E-state index is 13.7. The van der Waals surface area contributed by atoms with E-state index in [0.717, 1.165) is 30.7 Å². The van der Waals surface area contributed by atoms with Crippen molar-refractivity contribution in [1.29, 1.82) is 0 Å². The van der Waals surface area contributed by atoms with Gasteiger partial charge < -0.3 is 9.64 Å². The van der Waals surface area contributed by atoms with Crippen LogP contribution in [0, 0.1) is 23.4 Å². The van der Waals surface area contributed by atoms with E-state index in [0.29, 0.717) is 38.5 Å². The molecule has 2 fully saturated rings. The fraction of sp³-hybridized carbons (Fsp3) is 0.524. The summed E-state index contributed by atoms with van der Waals surface area (Å²) in [4.78, 5) is 27.9. The normalized spacial score (nSPS) is 20.8. The zero-order chi connectivity index (χ0) is 21.1. The van der Waals surface area contributed by atoms with Gasteiger partial charge in [-0.3, -0.25) is 9.69 Å². The minimum absolute atomic E-state index is 0.0189. The molecule has 1 atom stereocenters. The molecule has 3 rings (SSSR count). The number of hydrogen-bond acceptors (Lipinski definition) is 3. The Kier molecular flexibility index (Phi) is 6.49. The first-order chi connectivity index (χ1) is 13.8. The summed E-state index contributed by atoms with van der Waals surface area (Å²) in [6.07, 6.45) is 4.12. The molecule has 29 heavy (non-hydrogen) atoms. The Morgan fingerprint density at radius 3 is 2.55 bits per heavy atom. The lowest BCUT2D eigenvalue weighted by Crippen LogP contribution is -2.49. The van der Waals surface area contributed by atoms with Crippen LogP contribution in [0.2, 0.25) is 0 Å². The van der Waals surface area contributed by atoms with Crippen molar-refractivity contribution in [3.63, 3.8) is 0 Å². The highest BCUT2D eigenvalue weighted by molar-refractivity contribution is 5.91. The summed E-state index contributed by atoms with van der Waals surface area (Å²) in [6, 6.07) is 1.98. The Hall–Kier alpha value is -2.51. The van der Waals surface area contributed by atoms with Crippen LogP contribution in [0.15, 0.2) is 18.2 Å². The van der Waals surface area contributed by atoms with E-state index in [9.17, 15) is 22.8 Å². The Morgan fingerprint density at radius 1 is 1.21 bits per heavy atom. The maximum absolute atomic E-state index is 13.7. The Balaban J connectivity index is 1.58. The molecule has 1 unspecified atom stereocenters. The molecule has 0 saturated carbocycles. The molecule has 0 N–H and O–H groups in total. The molecule has 8 heteroatoms. The van der Waals surface area contributed by atoms with Crippen molar-refractivity contribution in [3.05, 3.63) is 41.2 Å². The molecule has 0 aromatic heterocycles. The lowest BCUT2D eigenvalue weighted by Gasteiger charge is -2.37. The van der Waals surface area contributed by atoms with Crippen LogP contribution < -0.4 is 0 Å². The van der Waals surface area contributed by atoms with Gasteiger partial charge in [-0.15, -0.1) is 0 Å². The first-order valence-electron chi connectivity index (χ1n) is 9.83. The van der Waals surface area contributed by atoms with Crippen molar-refractivity contribution in [2.75, 3.05) is 19.7 Å². The van der Waals surface area contributed by atoms with E-state index in [1.807, 2.05) is 4.90 Å². The molecule has 0 spiro atoms. The highest BCUT2D eigenvalue weighted by Crippen LogP contribution is 2.27. The van der Waals surface area contributed by atoms with Gasteiger partial charge in [-0.1, -0.05) is 13.8 Å². The average molecular weight is 410 g/mol. The molecule has 2 aliphatic heterocycles. The number of amides is 2. The summed E-state index contributed by atoms with van der Waals surface area (Å²) in [7, 11) is 0. The van der Waals surface area contributed by atoms with E-state index < -0.39 is 17.5 Å². The van der Waals surface area contributed by atoms with Crippen LogP contribution >= 0.6 is 0 Å². The lowest BCUT2D eigenvalue weighted by atomic mass is 9.98. The van der Waals surface area contributed by atoms with E-state index in [1.165, 1.54) is 0 Å². The Bertz CT molecular complexity index is 805. The molecular weight excluding hydrogens is 385 g/mol. The predicted molar refractivity (Wildman–Crippen MR) is 101 cm³/mol. The third-order valence-electron chi connectivity index (χ3n) is 5.39. The zero-order valence-electron chi connectivity index (χ0n) is 16.5. The number of rotatable bonds is 5. The van der Waals surface area contributed by atoms with E-state index in [4.69, 9.17) is 4.74 Å². The second kappa shape index (κ2) is 8.88. The molecule has 1 aromatic carbocycles. The number of carbonyl (C=O) groups is 2. The van der Waals surface area contributed by atoms with E-state index >= 15 is 0 Å². The molecule has 2 amide bonds. The van der Waals surface area contributed by atoms with Crippen LogP contribution in [0.4, 0.5) is 18.0 Å². The second-order valence-corrected chi connectivity index (χ2v) is 7.92. The van der Waals surface area contributed by atoms with Gasteiger partial charge in [0.25, 0.3) is 0 Å². The number of benzene rings is 1. The van der Waals surface area contributed by atoms with Crippen LogP contribution in [-0.2, 0) is 9.53 Å². The first-order valence-corrected chi connectivity index (χ1v) is 9.83. The van der Waals surface area contributed by atoms with E-state index in [2.05, 4.69) is 13.8 Å². The molecule has 0 aliphatic carbocycles. The third kappa shape index (κ3) is 4.74. The summed E-state index contributed by atoms with van der Waals surface area (Å²) in [6.45, 7) is 5.51. The first kappa shape index (κ1) is 21.2. The smallest absolute Gasteiger partial charge is 0.410 e. The van der Waals surface area contributed by atoms with Crippen molar-refractivity contribution >= 4 is 18.1 Å². The summed E-state index contributed by atoms with van der Waals surface area (Å²) in [5.41, 5.74) is -0.191. The summed E-state index contributed by atoms with van der Waals surface area (Å²) in [5, 5.41) is 0. The number of halogens is 3. The fourth-order valence-electron chi connectivity index (χ4n) is 3.94. The van der Waals surface area contributed by atoms with Gasteiger partial charge in [0, 0.05) is 30.8 Å². The second-order valence-electron chi connectivity index (χ2n) is 7.92. The summed E-state index contributed by atoms with van der Waals surface area (Å²) >= 11 is 0. The summed E-state index contributed by atoms with van der Waals surface area (Å²) in [5.74, 6) is -4.05. The minimum Gasteiger partial charge on any atom is -0.447 e. The number of hydrogen-bond donors (Lipinski definition) is 0. The van der Waals surface area contributed by atoms with Gasteiger partial charge in [0.05, 0.1) is 6.04 Å². The van der Waals surface area contributed by atoms with Crippen molar-refractivity contribution in [2.24, 2.45) is 5.92 Å². The van der Waals surface area contributed by atoms with Gasteiger partial charge in [0.1, 0.15) is 6.61 Å². The molecular formula is C21H25F3N2O3. The standard InChI is InChI=1S/C21H25F3N2O3/c1-13(2)11-16-12-29-21(28)26(16)15-7-9-25(10-8-15)18(27)6-4-14-3-5-17(22)20(24)19(14)23/h3-6,13,15-16H,7-12H2,1-2H3. The molecule has 5 nitrogen and oxygen atoms in total. The highest BCUT2D eigenvalue weighted by Gasteiger charge is 2.39. The molecule has 1 aromatic rings. The maximum Gasteiger partial charge on any atom is 0.410 e. The van der Waals surface area contributed by atoms with Crippen molar-refractivity contribution in [1.82, 2.24) is 9.80 Å². The fourth-order valence-corrected chi connectivity index (χ4v) is 3.94. The molecule has 0 bridgehead atoms. The quantitative estimate of drug-likeness (QED) is 0.545. The van der Waals surface area contributed by atoms with Gasteiger partial charge in [0.15, 0.2) is 17.5 Å². The number of piperidine rings is 1. The third-order valence-corrected chi connectivity index (χ3v) is 5.39. The number of carbonyl (C=O) groups excluding carboxylic acids is 2. The van der Waals surface area contributed by atoms with Gasteiger partial charge in [-0.25, -0.2) is 18.0 Å². The molecule has 2 saturated heterocycles. The van der Waals surface area contributed by atoms with Crippen LogP contribution in [0.25, 0.3) is 6.08 Å². The van der Waals surface area contributed by atoms with Crippen LogP contribution in [-0.4, -0.2) is 53.6 Å². The number of ether oxygens (including phenoxy) is 1. The van der Waals surface area contributed by atoms with Crippen molar-refractivity contribution in [2.45, 2.75) is 45.2 Å². The average Bonchev–Trinajstić information content (AvgIpc) is 3.05. The van der Waals surface area contributed by atoms with Gasteiger partial charge in [-0.2, -0.15) is 0 Å². The van der Waals surface area contributed by atoms with Gasteiger partial charge in [0.2, 0.25) is 5.91 Å². The Morgan fingerprint density at radius 2 is 1.90 bits per heavy atom. The molecule has 0 radical (unpaired) electrons. The van der Waals surface area contributed by atoms with Crippen LogP contribution in [0.3, 0.4) is 0 Å². The lowest BCUT2D eigenvalue weighted by molar-refractivity contribution is -0.127. The molecule has 2 aliphatic rings. The molecule has 158 valence electrons. The summed E-state index contributed by atoms with van der Waals surface area (Å²) < 4.78 is 45.2. The van der Waals surface area contributed by atoms with Crippen molar-refractivity contribution in [3.8, 4) is 0 Å². The number of nitrogens with zero attached hydrogens (tertiary/aromatic N) is 2. The Labute approximate surface area is 168 Å². The topological polar surface area (TPSA) is 49.9 Å². The van der Waals surface area contributed by atoms with Gasteiger partial charge >= 0.3 is 6.09 Å². The molecule has 2 heterocycles. The zero-order valence-corrected chi connectivity index (χ0v) is 16.5. The monoisotopic (exact) mass is 410 g/mol. The largest absolute Gasteiger partial charge is 0.447 e. The minimum atomic E-state index is -1.56. The van der Waals surface area contributed by atoms with E-state index in [1.54, 1.807) is 4.90 Å². The number of likely N-dealkylation sites (tertiary alicyclic amines) is 1. The van der Waals surface area contributed by atoms with Gasteiger partial charge in [-0.05, 0) is 43.4 Å². The predicted octanol–water partition coefficient (Wildman–Crippen LogP) is 3.98. The van der Waals surface area contributed by atoms with Crippen molar-refractivity contribution < 1.29 is 27.5 Å². The SMILES string of the molecule is CC(C)CC1COC(=O)N1C1CCN(C(=O)C=Cc2ccc(F)c(F)c2F)CC1. The van der Waals surface area contributed by atoms with Crippen LogP contribution in [0.1, 0.15) is 38.7 Å².